The van der Waals surface area contributed by atoms with Crippen molar-refractivity contribution in [3.8, 4) is 0 Å². The summed E-state index contributed by atoms with van der Waals surface area (Å²) in [5.74, 6) is -1.45. The average molecular weight is 585 g/mol. The Morgan fingerprint density at radius 3 is 2.61 bits per heavy atom. The van der Waals surface area contributed by atoms with Gasteiger partial charge in [-0.05, 0) is 57.6 Å². The first-order valence-electron chi connectivity index (χ1n) is 14.0. The van der Waals surface area contributed by atoms with E-state index in [0.29, 0.717) is 48.3 Å². The number of carbonyl (C=O) groups excluding carboxylic acids is 1. The Labute approximate surface area is 238 Å². The second-order valence-corrected chi connectivity index (χ2v) is 12.3. The van der Waals surface area contributed by atoms with Crippen LogP contribution >= 0.6 is 0 Å². The van der Waals surface area contributed by atoms with Crippen LogP contribution in [0.25, 0.3) is 10.8 Å². The van der Waals surface area contributed by atoms with Gasteiger partial charge in [0, 0.05) is 28.7 Å². The van der Waals surface area contributed by atoms with E-state index in [2.05, 4.69) is 25.5 Å². The average Bonchev–Trinajstić information content (AvgIpc) is 3.63. The van der Waals surface area contributed by atoms with Gasteiger partial charge in [-0.2, -0.15) is 10.2 Å². The second-order valence-electron chi connectivity index (χ2n) is 10.6. The molecule has 1 saturated heterocycles. The van der Waals surface area contributed by atoms with Crippen LogP contribution in [0.5, 0.6) is 0 Å². The number of hydrogen-bond acceptors (Lipinski definition) is 8. The van der Waals surface area contributed by atoms with Crippen molar-refractivity contribution in [3.05, 3.63) is 47.8 Å². The minimum Gasteiger partial charge on any atom is -0.478 e. The number of aromatic nitrogens is 2. The molecule has 3 aromatic rings. The lowest BCUT2D eigenvalue weighted by molar-refractivity contribution is -0.160. The standard InChI is InChI=1S/C28H36N6O6S/c1-3-4-16-34(25(35)23-15-17-40-32-23)28(2,26(36)37)33-41(38,39)24-14-13-20(18-9-5-6-10-19(18)24)29-27-30-21-11-7-8-12-22(21)31-27/h5-6,9-10,13-14,23,32-33H,3-4,7-8,11-12,15-17H2,1-2H3,(H,36,37)(H2,29,30,31). The van der Waals surface area contributed by atoms with Gasteiger partial charge in [0.25, 0.3) is 0 Å². The lowest BCUT2D eigenvalue weighted by Crippen LogP contribution is -2.67. The van der Waals surface area contributed by atoms with Gasteiger partial charge in [-0.3, -0.25) is 4.79 Å². The topological polar surface area (TPSA) is 166 Å². The Balaban J connectivity index is 1.49. The third kappa shape index (κ3) is 5.80. The number of H-pyrrole nitrogens is 1. The van der Waals surface area contributed by atoms with E-state index in [1.54, 1.807) is 30.3 Å². The maximum Gasteiger partial charge on any atom is 0.345 e. The number of aliphatic carboxylic acids is 1. The maximum absolute atomic E-state index is 13.9. The number of nitrogens with one attached hydrogen (secondary N) is 4. The van der Waals surface area contributed by atoms with Crippen molar-refractivity contribution in [2.75, 3.05) is 18.5 Å². The first-order valence-corrected chi connectivity index (χ1v) is 15.4. The van der Waals surface area contributed by atoms with E-state index >= 15 is 0 Å². The van der Waals surface area contributed by atoms with Crippen molar-refractivity contribution in [3.63, 3.8) is 0 Å². The first kappa shape index (κ1) is 29.0. The summed E-state index contributed by atoms with van der Waals surface area (Å²) in [6.07, 6.45) is 5.59. The van der Waals surface area contributed by atoms with Gasteiger partial charge in [-0.25, -0.2) is 18.2 Å². The Kier molecular flexibility index (Phi) is 8.32. The molecule has 2 aromatic carbocycles. The molecule has 2 atom stereocenters. The molecule has 12 nitrogen and oxygen atoms in total. The van der Waals surface area contributed by atoms with Gasteiger partial charge >= 0.3 is 5.97 Å². The third-order valence-electron chi connectivity index (χ3n) is 7.70. The molecule has 220 valence electrons. The van der Waals surface area contributed by atoms with Gasteiger partial charge in [0.1, 0.15) is 6.04 Å². The van der Waals surface area contributed by atoms with Crippen molar-refractivity contribution in [1.29, 1.82) is 0 Å². The highest BCUT2D eigenvalue weighted by Crippen LogP contribution is 2.33. The van der Waals surface area contributed by atoms with E-state index in [0.717, 1.165) is 42.0 Å². The quantitative estimate of drug-likeness (QED) is 0.213. The van der Waals surface area contributed by atoms with Crippen molar-refractivity contribution >= 4 is 44.3 Å². The molecule has 2 unspecified atom stereocenters. The summed E-state index contributed by atoms with van der Waals surface area (Å²) in [5.41, 5.74) is 3.17. The van der Waals surface area contributed by atoms with Crippen molar-refractivity contribution in [1.82, 2.24) is 25.1 Å². The van der Waals surface area contributed by atoms with E-state index in [9.17, 15) is 23.1 Å². The molecule has 1 amide bonds. The number of sulfonamides is 1. The number of aromatic amines is 1. The number of rotatable bonds is 11. The van der Waals surface area contributed by atoms with Crippen molar-refractivity contribution in [2.45, 2.75) is 75.4 Å². The summed E-state index contributed by atoms with van der Waals surface area (Å²) in [5, 5.41) is 14.6. The van der Waals surface area contributed by atoms with Crippen LogP contribution in [-0.2, 0) is 37.3 Å². The smallest absolute Gasteiger partial charge is 0.345 e. The van der Waals surface area contributed by atoms with Crippen LogP contribution in [0.3, 0.4) is 0 Å². The van der Waals surface area contributed by atoms with E-state index in [1.165, 1.54) is 13.0 Å². The number of carboxylic acids is 1. The third-order valence-corrected chi connectivity index (χ3v) is 9.31. The van der Waals surface area contributed by atoms with Gasteiger partial charge in [0.15, 0.2) is 0 Å². The van der Waals surface area contributed by atoms with Crippen LogP contribution in [0.4, 0.5) is 11.6 Å². The number of carboxylic acid groups (broad SMARTS) is 1. The number of amides is 1. The molecule has 5 rings (SSSR count). The zero-order valence-corrected chi connectivity index (χ0v) is 24.0. The summed E-state index contributed by atoms with van der Waals surface area (Å²) in [7, 11) is -4.44. The Bertz CT molecular complexity index is 1530. The summed E-state index contributed by atoms with van der Waals surface area (Å²) in [6.45, 7) is 3.45. The molecule has 41 heavy (non-hydrogen) atoms. The Morgan fingerprint density at radius 2 is 1.93 bits per heavy atom. The molecule has 1 aliphatic heterocycles. The predicted molar refractivity (Wildman–Crippen MR) is 153 cm³/mol. The number of aryl methyl sites for hydroxylation is 2. The zero-order valence-electron chi connectivity index (χ0n) is 23.2. The SMILES string of the molecule is CCCCN(C(=O)C1CCON1)C(C)(NS(=O)(=O)c1ccc(Nc2nc3c([nH]2)CCCC3)c2ccccc12)C(=O)O. The van der Waals surface area contributed by atoms with Crippen LogP contribution in [0, 0.1) is 0 Å². The molecule has 0 saturated carbocycles. The molecule has 1 aromatic heterocycles. The Morgan fingerprint density at radius 1 is 1.17 bits per heavy atom. The number of hydroxylamine groups is 1. The predicted octanol–water partition coefficient (Wildman–Crippen LogP) is 3.19. The van der Waals surface area contributed by atoms with Crippen molar-refractivity contribution < 1.29 is 28.0 Å². The second kappa shape index (κ2) is 11.8. The normalized spacial score (nSPS) is 18.5. The van der Waals surface area contributed by atoms with Gasteiger partial charge in [0.05, 0.1) is 17.2 Å². The van der Waals surface area contributed by atoms with Crippen LogP contribution in [0.1, 0.15) is 57.3 Å². The van der Waals surface area contributed by atoms with Gasteiger partial charge in [-0.1, -0.05) is 37.6 Å². The number of carbonyl (C=O) groups is 2. The molecule has 13 heteroatoms. The summed E-state index contributed by atoms with van der Waals surface area (Å²) in [6, 6.07) is 9.27. The number of imidazole rings is 1. The molecule has 1 fully saturated rings. The summed E-state index contributed by atoms with van der Waals surface area (Å²) < 4.78 is 30.2. The van der Waals surface area contributed by atoms with Crippen LogP contribution in [-0.4, -0.2) is 65.1 Å². The van der Waals surface area contributed by atoms with Crippen LogP contribution in [0.15, 0.2) is 41.3 Å². The van der Waals surface area contributed by atoms with Crippen molar-refractivity contribution in [2.24, 2.45) is 0 Å². The minimum atomic E-state index is -4.44. The fourth-order valence-corrected chi connectivity index (χ4v) is 6.96. The van der Waals surface area contributed by atoms with Crippen LogP contribution < -0.4 is 15.5 Å². The fourth-order valence-electron chi connectivity index (χ4n) is 5.41. The number of anilines is 2. The zero-order chi connectivity index (χ0) is 29.2. The highest BCUT2D eigenvalue weighted by Gasteiger charge is 2.47. The van der Waals surface area contributed by atoms with E-state index in [-0.39, 0.29) is 11.4 Å². The number of benzene rings is 2. The molecular weight excluding hydrogens is 548 g/mol. The summed E-state index contributed by atoms with van der Waals surface area (Å²) >= 11 is 0. The van der Waals surface area contributed by atoms with Gasteiger partial charge in [-0.15, -0.1) is 0 Å². The monoisotopic (exact) mass is 584 g/mol. The fraction of sp³-hybridized carbons (Fsp3) is 0.464. The van der Waals surface area contributed by atoms with Gasteiger partial charge in [0.2, 0.25) is 27.5 Å². The number of fused-ring (bicyclic) bond motifs is 2. The highest BCUT2D eigenvalue weighted by atomic mass is 32.2. The first-order chi connectivity index (χ1) is 19.6. The number of nitrogens with zero attached hydrogens (tertiary/aromatic N) is 2. The molecular formula is C28H36N6O6S. The van der Waals surface area contributed by atoms with E-state index < -0.39 is 33.6 Å². The molecule has 2 aliphatic rings. The highest BCUT2D eigenvalue weighted by molar-refractivity contribution is 7.89. The summed E-state index contributed by atoms with van der Waals surface area (Å²) in [4.78, 5) is 40.1. The lowest BCUT2D eigenvalue weighted by Gasteiger charge is -2.39. The molecule has 0 spiro atoms. The van der Waals surface area contributed by atoms with Crippen LogP contribution in [0.2, 0.25) is 0 Å². The molecule has 5 N–H and O–H groups in total. The molecule has 0 radical (unpaired) electrons. The van der Waals surface area contributed by atoms with Gasteiger partial charge < -0.3 is 25.1 Å². The number of hydrogen-bond donors (Lipinski definition) is 5. The molecule has 2 heterocycles. The number of unbranched alkanes of at least 4 members (excludes halogenated alkanes) is 1. The molecule has 0 bridgehead atoms. The Hall–Kier alpha value is -3.52. The van der Waals surface area contributed by atoms with E-state index in [1.807, 2.05) is 6.92 Å². The minimum absolute atomic E-state index is 0.0512. The maximum atomic E-state index is 13.9. The van der Waals surface area contributed by atoms with E-state index in [4.69, 9.17) is 4.84 Å². The molecule has 1 aliphatic carbocycles. The largest absolute Gasteiger partial charge is 0.478 e. The lowest BCUT2D eigenvalue weighted by atomic mass is 10.0.